The maximum atomic E-state index is 13.2. The number of nitrogens with one attached hydrogen (secondary N) is 1. The summed E-state index contributed by atoms with van der Waals surface area (Å²) in [7, 11) is 1.48. The second-order valence-electron chi connectivity index (χ2n) is 3.87. The summed E-state index contributed by atoms with van der Waals surface area (Å²) in [4.78, 5) is 13.9. The van der Waals surface area contributed by atoms with Crippen LogP contribution in [0.4, 0.5) is 4.39 Å². The van der Waals surface area contributed by atoms with E-state index in [4.69, 9.17) is 9.84 Å². The Kier molecular flexibility index (Phi) is 3.06. The molecule has 0 saturated heterocycles. The fourth-order valence-electron chi connectivity index (χ4n) is 1.82. The van der Waals surface area contributed by atoms with Crippen LogP contribution in [0.25, 0.3) is 11.3 Å². The number of carboxylic acid groups (broad SMARTS) is 1. The minimum absolute atomic E-state index is 0.163. The lowest BCUT2D eigenvalue weighted by atomic mass is 10.1. The zero-order valence-corrected chi connectivity index (χ0v) is 9.95. The van der Waals surface area contributed by atoms with E-state index in [-0.39, 0.29) is 5.56 Å². The highest BCUT2D eigenvalue weighted by Crippen LogP contribution is 2.31. The van der Waals surface area contributed by atoms with Crippen molar-refractivity contribution in [3.8, 4) is 17.0 Å². The minimum atomic E-state index is -1.02. The molecule has 0 atom stereocenters. The van der Waals surface area contributed by atoms with Gasteiger partial charge in [0, 0.05) is 11.3 Å². The van der Waals surface area contributed by atoms with Gasteiger partial charge < -0.3 is 14.8 Å². The van der Waals surface area contributed by atoms with Crippen molar-refractivity contribution in [2.24, 2.45) is 0 Å². The van der Waals surface area contributed by atoms with Crippen LogP contribution in [-0.4, -0.2) is 23.2 Å². The predicted molar refractivity (Wildman–Crippen MR) is 64.4 cm³/mol. The van der Waals surface area contributed by atoms with Gasteiger partial charge in [0.15, 0.2) is 0 Å². The lowest BCUT2D eigenvalue weighted by Gasteiger charge is -2.06. The van der Waals surface area contributed by atoms with E-state index >= 15 is 0 Å². The summed E-state index contributed by atoms with van der Waals surface area (Å²) < 4.78 is 18.4. The van der Waals surface area contributed by atoms with E-state index in [1.807, 2.05) is 0 Å². The van der Waals surface area contributed by atoms with Gasteiger partial charge in [0.05, 0.1) is 18.4 Å². The van der Waals surface area contributed by atoms with E-state index in [1.165, 1.54) is 31.4 Å². The molecule has 4 nitrogen and oxygen atoms in total. The second-order valence-corrected chi connectivity index (χ2v) is 3.87. The molecule has 94 valence electrons. The third-order valence-electron chi connectivity index (χ3n) is 2.70. The van der Waals surface area contributed by atoms with Crippen LogP contribution in [0.5, 0.6) is 5.75 Å². The number of halogens is 1. The second kappa shape index (κ2) is 4.52. The van der Waals surface area contributed by atoms with Crippen LogP contribution in [0.1, 0.15) is 16.1 Å². The lowest BCUT2D eigenvalue weighted by molar-refractivity contribution is 0.0696. The Balaban J connectivity index is 2.58. The smallest absolute Gasteiger partial charge is 0.337 e. The number of H-pyrrole nitrogens is 1. The number of rotatable bonds is 3. The maximum absolute atomic E-state index is 13.2. The summed E-state index contributed by atoms with van der Waals surface area (Å²) in [5.41, 5.74) is 1.69. The summed E-state index contributed by atoms with van der Waals surface area (Å²) in [5.74, 6) is -0.949. The lowest BCUT2D eigenvalue weighted by Crippen LogP contribution is -1.95. The van der Waals surface area contributed by atoms with Crippen molar-refractivity contribution in [2.45, 2.75) is 6.92 Å². The Morgan fingerprint density at radius 1 is 1.39 bits per heavy atom. The van der Waals surface area contributed by atoms with Crippen molar-refractivity contribution >= 4 is 5.97 Å². The van der Waals surface area contributed by atoms with E-state index < -0.39 is 11.8 Å². The van der Waals surface area contributed by atoms with Crippen LogP contribution in [0.15, 0.2) is 24.3 Å². The van der Waals surface area contributed by atoms with Gasteiger partial charge in [-0.05, 0) is 31.2 Å². The molecule has 0 spiro atoms. The van der Waals surface area contributed by atoms with Gasteiger partial charge in [-0.3, -0.25) is 0 Å². The highest BCUT2D eigenvalue weighted by Gasteiger charge is 2.15. The summed E-state index contributed by atoms with van der Waals surface area (Å²) in [6, 6.07) is 5.56. The molecule has 0 unspecified atom stereocenters. The molecule has 0 aliphatic heterocycles. The summed E-state index contributed by atoms with van der Waals surface area (Å²) in [6.07, 6.45) is 0. The first-order valence-corrected chi connectivity index (χ1v) is 5.29. The molecular weight excluding hydrogens is 237 g/mol. The minimum Gasteiger partial charge on any atom is -0.496 e. The van der Waals surface area contributed by atoms with Gasteiger partial charge in [-0.2, -0.15) is 0 Å². The molecule has 18 heavy (non-hydrogen) atoms. The molecule has 0 bridgehead atoms. The number of methoxy groups -OCH3 is 1. The molecule has 1 heterocycles. The fraction of sp³-hybridized carbons (Fsp3) is 0.154. The number of aromatic carboxylic acids is 1. The van der Waals surface area contributed by atoms with Crippen LogP contribution < -0.4 is 4.74 Å². The normalized spacial score (nSPS) is 10.4. The molecule has 5 heteroatoms. The number of aryl methyl sites for hydroxylation is 1. The van der Waals surface area contributed by atoms with E-state index in [1.54, 1.807) is 6.92 Å². The predicted octanol–water partition coefficient (Wildman–Crippen LogP) is 2.84. The molecule has 1 aromatic heterocycles. The molecule has 0 aliphatic carbocycles. The zero-order chi connectivity index (χ0) is 13.3. The SMILES string of the molecule is COc1ccc(F)cc1-c1cc(C(=O)O)c(C)[nH]1. The van der Waals surface area contributed by atoms with Crippen LogP contribution in [0.3, 0.4) is 0 Å². The Labute approximate surface area is 103 Å². The Bertz CT molecular complexity index is 604. The number of benzene rings is 1. The number of hydrogen-bond acceptors (Lipinski definition) is 2. The van der Waals surface area contributed by atoms with Gasteiger partial charge in [0.1, 0.15) is 11.6 Å². The highest BCUT2D eigenvalue weighted by molar-refractivity contribution is 5.91. The van der Waals surface area contributed by atoms with E-state index in [9.17, 15) is 9.18 Å². The Hall–Kier alpha value is -2.30. The number of aromatic nitrogens is 1. The molecule has 2 aromatic rings. The first-order chi connectivity index (χ1) is 8.52. The maximum Gasteiger partial charge on any atom is 0.337 e. The molecule has 0 fully saturated rings. The van der Waals surface area contributed by atoms with Crippen molar-refractivity contribution < 1.29 is 19.0 Å². The first-order valence-electron chi connectivity index (χ1n) is 5.29. The monoisotopic (exact) mass is 249 g/mol. The average molecular weight is 249 g/mol. The molecule has 1 aromatic carbocycles. The van der Waals surface area contributed by atoms with Crippen LogP contribution in [-0.2, 0) is 0 Å². The molecule has 2 N–H and O–H groups in total. The van der Waals surface area contributed by atoms with Crippen LogP contribution in [0, 0.1) is 12.7 Å². The van der Waals surface area contributed by atoms with Crippen molar-refractivity contribution in [2.75, 3.05) is 7.11 Å². The number of carboxylic acids is 1. The first kappa shape index (κ1) is 12.2. The standard InChI is InChI=1S/C13H12FNO3/c1-7-9(13(16)17)6-11(15-7)10-5-8(14)3-4-12(10)18-2/h3-6,15H,1-2H3,(H,16,17). The van der Waals surface area contributed by atoms with Gasteiger partial charge in [0.2, 0.25) is 0 Å². The number of aromatic amines is 1. The van der Waals surface area contributed by atoms with E-state index in [0.29, 0.717) is 22.7 Å². The van der Waals surface area contributed by atoms with Crippen LogP contribution >= 0.6 is 0 Å². The summed E-state index contributed by atoms with van der Waals surface area (Å²) in [5, 5.41) is 8.98. The van der Waals surface area contributed by atoms with E-state index in [0.717, 1.165) is 0 Å². The van der Waals surface area contributed by atoms with Gasteiger partial charge in [-0.1, -0.05) is 0 Å². The van der Waals surface area contributed by atoms with Crippen molar-refractivity contribution in [1.82, 2.24) is 4.98 Å². The van der Waals surface area contributed by atoms with Gasteiger partial charge in [0.25, 0.3) is 0 Å². The van der Waals surface area contributed by atoms with Gasteiger partial charge >= 0.3 is 5.97 Å². The zero-order valence-electron chi connectivity index (χ0n) is 9.95. The van der Waals surface area contributed by atoms with Crippen molar-refractivity contribution in [1.29, 1.82) is 0 Å². The fourth-order valence-corrected chi connectivity index (χ4v) is 1.82. The Morgan fingerprint density at radius 2 is 2.11 bits per heavy atom. The summed E-state index contributed by atoms with van der Waals surface area (Å²) in [6.45, 7) is 1.65. The topological polar surface area (TPSA) is 62.3 Å². The van der Waals surface area contributed by atoms with Gasteiger partial charge in [-0.25, -0.2) is 9.18 Å². The third-order valence-corrected chi connectivity index (χ3v) is 2.70. The average Bonchev–Trinajstić information content (AvgIpc) is 2.71. The summed E-state index contributed by atoms with van der Waals surface area (Å²) >= 11 is 0. The molecule has 0 aliphatic rings. The number of carbonyl (C=O) groups is 1. The molecule has 0 radical (unpaired) electrons. The van der Waals surface area contributed by atoms with E-state index in [2.05, 4.69) is 4.98 Å². The third kappa shape index (κ3) is 2.07. The van der Waals surface area contributed by atoms with Crippen molar-refractivity contribution in [3.05, 3.63) is 41.3 Å². The number of ether oxygens (including phenoxy) is 1. The molecule has 0 saturated carbocycles. The largest absolute Gasteiger partial charge is 0.496 e. The quantitative estimate of drug-likeness (QED) is 0.879. The number of hydrogen-bond donors (Lipinski definition) is 2. The Morgan fingerprint density at radius 3 is 2.67 bits per heavy atom. The van der Waals surface area contributed by atoms with Crippen LogP contribution in [0.2, 0.25) is 0 Å². The molecule has 2 rings (SSSR count). The molecule has 0 amide bonds. The van der Waals surface area contributed by atoms with Crippen molar-refractivity contribution in [3.63, 3.8) is 0 Å². The highest BCUT2D eigenvalue weighted by atomic mass is 19.1. The molecular formula is C13H12FNO3. The van der Waals surface area contributed by atoms with Gasteiger partial charge in [-0.15, -0.1) is 0 Å².